The predicted molar refractivity (Wildman–Crippen MR) is 55.7 cm³/mol. The molecule has 0 spiro atoms. The smallest absolute Gasteiger partial charge is 0.157 e. The van der Waals surface area contributed by atoms with E-state index < -0.39 is 5.54 Å². The Morgan fingerprint density at radius 1 is 1.20 bits per heavy atom. The third-order valence-corrected chi connectivity index (χ3v) is 3.08. The molecular formula is C12H14FNO. The Kier molecular flexibility index (Phi) is 2.57. The van der Waals surface area contributed by atoms with Gasteiger partial charge in [-0.3, -0.25) is 4.79 Å². The fourth-order valence-corrected chi connectivity index (χ4v) is 2.10. The van der Waals surface area contributed by atoms with Crippen LogP contribution in [0.15, 0.2) is 24.3 Å². The van der Waals surface area contributed by atoms with Crippen LogP contribution in [0, 0.1) is 5.82 Å². The van der Waals surface area contributed by atoms with E-state index in [0.717, 1.165) is 18.4 Å². The minimum Gasteiger partial charge on any atom is -0.315 e. The fraction of sp³-hybridized carbons (Fsp3) is 0.417. The van der Waals surface area contributed by atoms with E-state index in [0.29, 0.717) is 12.8 Å². The lowest BCUT2D eigenvalue weighted by Gasteiger charge is -2.32. The Hall–Kier alpha value is -1.22. The van der Waals surface area contributed by atoms with Crippen molar-refractivity contribution in [1.29, 1.82) is 0 Å². The molecule has 0 heterocycles. The van der Waals surface area contributed by atoms with Gasteiger partial charge in [0.1, 0.15) is 11.4 Å². The van der Waals surface area contributed by atoms with Crippen molar-refractivity contribution in [1.82, 2.24) is 0 Å². The second-order valence-corrected chi connectivity index (χ2v) is 4.11. The third-order valence-electron chi connectivity index (χ3n) is 3.08. The molecule has 1 fully saturated rings. The van der Waals surface area contributed by atoms with E-state index in [1.54, 1.807) is 12.1 Å². The van der Waals surface area contributed by atoms with Crippen LogP contribution >= 0.6 is 0 Å². The quantitative estimate of drug-likeness (QED) is 0.766. The molecule has 1 atom stereocenters. The Morgan fingerprint density at radius 2 is 1.87 bits per heavy atom. The van der Waals surface area contributed by atoms with Crippen LogP contribution in [0.3, 0.4) is 0 Å². The van der Waals surface area contributed by atoms with Gasteiger partial charge in [-0.1, -0.05) is 18.6 Å². The molecule has 2 N–H and O–H groups in total. The maximum Gasteiger partial charge on any atom is 0.157 e. The van der Waals surface area contributed by atoms with Crippen LogP contribution in [0.1, 0.15) is 31.2 Å². The van der Waals surface area contributed by atoms with E-state index >= 15 is 0 Å². The summed E-state index contributed by atoms with van der Waals surface area (Å²) in [5.41, 5.74) is 5.95. The fourth-order valence-electron chi connectivity index (χ4n) is 2.10. The minimum atomic E-state index is -0.883. The molecule has 1 aliphatic carbocycles. The number of hydrogen-bond donors (Lipinski definition) is 1. The number of Topliss-reactive ketones (excluding diaryl/α,β-unsaturated/α-hetero) is 1. The molecule has 2 rings (SSSR count). The van der Waals surface area contributed by atoms with Gasteiger partial charge >= 0.3 is 0 Å². The molecule has 0 unspecified atom stereocenters. The summed E-state index contributed by atoms with van der Waals surface area (Å²) in [6.45, 7) is 0. The van der Waals surface area contributed by atoms with Crippen molar-refractivity contribution in [2.45, 2.75) is 31.2 Å². The average molecular weight is 207 g/mol. The first-order valence-corrected chi connectivity index (χ1v) is 5.21. The lowest BCUT2D eigenvalue weighted by atomic mass is 9.76. The van der Waals surface area contributed by atoms with Crippen molar-refractivity contribution in [3.05, 3.63) is 35.6 Å². The molecule has 15 heavy (non-hydrogen) atoms. The zero-order chi connectivity index (χ0) is 10.9. The van der Waals surface area contributed by atoms with Gasteiger partial charge in [0.05, 0.1) is 0 Å². The van der Waals surface area contributed by atoms with Gasteiger partial charge in [0.2, 0.25) is 0 Å². The van der Waals surface area contributed by atoms with Crippen molar-refractivity contribution < 1.29 is 9.18 Å². The van der Waals surface area contributed by atoms with Crippen molar-refractivity contribution in [3.8, 4) is 0 Å². The van der Waals surface area contributed by atoms with Gasteiger partial charge < -0.3 is 5.73 Å². The van der Waals surface area contributed by atoms with Crippen molar-refractivity contribution in [2.75, 3.05) is 0 Å². The largest absolute Gasteiger partial charge is 0.315 e. The normalized spacial score (nSPS) is 26.7. The zero-order valence-electron chi connectivity index (χ0n) is 8.50. The highest BCUT2D eigenvalue weighted by Gasteiger charge is 2.37. The van der Waals surface area contributed by atoms with Crippen LogP contribution in [0.5, 0.6) is 0 Å². The number of carbonyl (C=O) groups excluding carboxylic acids is 1. The molecule has 0 radical (unpaired) electrons. The standard InChI is InChI=1S/C12H14FNO/c13-10-6-4-9(5-7-10)12(14)8-2-1-3-11(12)15/h4-7H,1-3,8,14H2/t12-/m0/s1. The number of rotatable bonds is 1. The first-order chi connectivity index (χ1) is 7.13. The number of hydrogen-bond acceptors (Lipinski definition) is 2. The van der Waals surface area contributed by atoms with Crippen molar-refractivity contribution in [3.63, 3.8) is 0 Å². The summed E-state index contributed by atoms with van der Waals surface area (Å²) in [7, 11) is 0. The van der Waals surface area contributed by atoms with Gasteiger partial charge in [-0.05, 0) is 30.5 Å². The second kappa shape index (κ2) is 3.74. The van der Waals surface area contributed by atoms with Gasteiger partial charge in [-0.2, -0.15) is 0 Å². The SMILES string of the molecule is N[C@]1(c2ccc(F)cc2)CCCCC1=O. The minimum absolute atomic E-state index is 0.0698. The molecular weight excluding hydrogens is 193 g/mol. The average Bonchev–Trinajstić information content (AvgIpc) is 2.23. The topological polar surface area (TPSA) is 43.1 Å². The Balaban J connectivity index is 2.35. The van der Waals surface area contributed by atoms with Crippen LogP contribution in [-0.4, -0.2) is 5.78 Å². The summed E-state index contributed by atoms with van der Waals surface area (Å²) < 4.78 is 12.8. The number of halogens is 1. The molecule has 0 aromatic heterocycles. The van der Waals surface area contributed by atoms with Crippen molar-refractivity contribution >= 4 is 5.78 Å². The summed E-state index contributed by atoms with van der Waals surface area (Å²) in [6.07, 6.45) is 3.07. The van der Waals surface area contributed by atoms with E-state index in [1.165, 1.54) is 12.1 Å². The molecule has 80 valence electrons. The summed E-state index contributed by atoms with van der Waals surface area (Å²) in [4.78, 5) is 11.8. The van der Waals surface area contributed by atoms with E-state index in [9.17, 15) is 9.18 Å². The Bertz CT molecular complexity index is 374. The summed E-state index contributed by atoms with van der Waals surface area (Å²) in [5, 5.41) is 0. The highest BCUT2D eigenvalue weighted by Crippen LogP contribution is 2.31. The second-order valence-electron chi connectivity index (χ2n) is 4.11. The van der Waals surface area contributed by atoms with Crippen molar-refractivity contribution in [2.24, 2.45) is 5.73 Å². The lowest BCUT2D eigenvalue weighted by molar-refractivity contribution is -0.126. The van der Waals surface area contributed by atoms with Crippen LogP contribution in [0.4, 0.5) is 4.39 Å². The highest BCUT2D eigenvalue weighted by atomic mass is 19.1. The van der Waals surface area contributed by atoms with Crippen LogP contribution in [0.2, 0.25) is 0 Å². The number of ketones is 1. The van der Waals surface area contributed by atoms with Gasteiger partial charge in [0.25, 0.3) is 0 Å². The van der Waals surface area contributed by atoms with Gasteiger partial charge in [0, 0.05) is 6.42 Å². The molecule has 0 saturated heterocycles. The number of nitrogens with two attached hydrogens (primary N) is 1. The molecule has 3 heteroatoms. The van der Waals surface area contributed by atoms with Crippen LogP contribution in [-0.2, 0) is 10.3 Å². The monoisotopic (exact) mass is 207 g/mol. The molecule has 1 aromatic rings. The Labute approximate surface area is 88.3 Å². The molecule has 0 aliphatic heterocycles. The first kappa shape index (κ1) is 10.3. The van der Waals surface area contributed by atoms with E-state index in [4.69, 9.17) is 5.73 Å². The maximum absolute atomic E-state index is 12.8. The third kappa shape index (κ3) is 1.79. The Morgan fingerprint density at radius 3 is 2.47 bits per heavy atom. The lowest BCUT2D eigenvalue weighted by Crippen LogP contribution is -2.46. The van der Waals surface area contributed by atoms with Gasteiger partial charge in [-0.15, -0.1) is 0 Å². The molecule has 1 saturated carbocycles. The molecule has 0 bridgehead atoms. The van der Waals surface area contributed by atoms with E-state index in [1.807, 2.05) is 0 Å². The first-order valence-electron chi connectivity index (χ1n) is 5.21. The van der Waals surface area contributed by atoms with Crippen LogP contribution < -0.4 is 5.73 Å². The predicted octanol–water partition coefficient (Wildman–Crippen LogP) is 2.12. The maximum atomic E-state index is 12.8. The zero-order valence-corrected chi connectivity index (χ0v) is 8.50. The summed E-state index contributed by atoms with van der Waals surface area (Å²) in [6, 6.07) is 5.93. The van der Waals surface area contributed by atoms with E-state index in [2.05, 4.69) is 0 Å². The summed E-state index contributed by atoms with van der Waals surface area (Å²) >= 11 is 0. The van der Waals surface area contributed by atoms with Gasteiger partial charge in [0.15, 0.2) is 5.78 Å². The molecule has 0 amide bonds. The molecule has 1 aliphatic rings. The van der Waals surface area contributed by atoms with E-state index in [-0.39, 0.29) is 11.6 Å². The number of carbonyl (C=O) groups is 1. The molecule has 2 nitrogen and oxygen atoms in total. The highest BCUT2D eigenvalue weighted by molar-refractivity contribution is 5.90. The molecule has 1 aromatic carbocycles. The number of benzene rings is 1. The van der Waals surface area contributed by atoms with Crippen LogP contribution in [0.25, 0.3) is 0 Å². The van der Waals surface area contributed by atoms with Gasteiger partial charge in [-0.25, -0.2) is 4.39 Å². The summed E-state index contributed by atoms with van der Waals surface area (Å²) in [5.74, 6) is -0.231.